The maximum Gasteiger partial charge on any atom is 0.348 e. The van der Waals surface area contributed by atoms with Gasteiger partial charge in [0, 0.05) is 4.88 Å². The number of hydrogen-bond acceptors (Lipinski definition) is 4. The van der Waals surface area contributed by atoms with Gasteiger partial charge in [0.25, 0.3) is 0 Å². The van der Waals surface area contributed by atoms with Gasteiger partial charge in [0.15, 0.2) is 0 Å². The molecule has 1 aromatic rings. The third-order valence-electron chi connectivity index (χ3n) is 6.87. The van der Waals surface area contributed by atoms with E-state index in [2.05, 4.69) is 18.6 Å². The molecule has 0 spiro atoms. The standard InChI is InChI=1S/C15H28O.C9H12O2S/c1-2-15(11-6-12-15)14(16)10-5-9-13-7-3-4-8-13;1-3-4-7-5-6-8(12-7)9(10)11-2/h13-14,16H,2-12H2,1H3;5-6H,3-4H2,1-2H3. The van der Waals surface area contributed by atoms with E-state index >= 15 is 0 Å². The Bertz CT molecular complexity index is 565. The van der Waals surface area contributed by atoms with Crippen LogP contribution in [0, 0.1) is 11.3 Å². The highest BCUT2D eigenvalue weighted by atomic mass is 32.1. The molecule has 28 heavy (non-hydrogen) atoms. The Kier molecular flexibility index (Phi) is 10.0. The Morgan fingerprint density at radius 3 is 2.50 bits per heavy atom. The summed E-state index contributed by atoms with van der Waals surface area (Å²) in [4.78, 5) is 13.0. The molecule has 160 valence electrons. The summed E-state index contributed by atoms with van der Waals surface area (Å²) in [6.07, 6.45) is 16.7. The van der Waals surface area contributed by atoms with E-state index in [1.165, 1.54) is 87.5 Å². The summed E-state index contributed by atoms with van der Waals surface area (Å²) < 4.78 is 4.60. The number of hydrogen-bond donors (Lipinski definition) is 1. The van der Waals surface area contributed by atoms with Crippen LogP contribution in [0.3, 0.4) is 0 Å². The van der Waals surface area contributed by atoms with Crippen LogP contribution in [0.5, 0.6) is 0 Å². The third kappa shape index (κ3) is 6.59. The lowest BCUT2D eigenvalue weighted by Crippen LogP contribution is -2.40. The second kappa shape index (κ2) is 12.0. The van der Waals surface area contributed by atoms with E-state index in [1.54, 1.807) is 0 Å². The van der Waals surface area contributed by atoms with Crippen molar-refractivity contribution in [3.05, 3.63) is 21.9 Å². The average Bonchev–Trinajstić information content (AvgIpc) is 3.34. The Hall–Kier alpha value is -0.870. The smallest absolute Gasteiger partial charge is 0.348 e. The number of aryl methyl sites for hydroxylation is 1. The fourth-order valence-corrected chi connectivity index (χ4v) is 5.75. The molecule has 2 aliphatic carbocycles. The Morgan fingerprint density at radius 2 is 1.96 bits per heavy atom. The molecule has 1 heterocycles. The molecule has 2 saturated carbocycles. The molecule has 0 radical (unpaired) electrons. The van der Waals surface area contributed by atoms with Crippen molar-refractivity contribution in [2.75, 3.05) is 7.11 Å². The molecule has 1 atom stereocenters. The summed E-state index contributed by atoms with van der Waals surface area (Å²) in [5.41, 5.74) is 0.329. The highest BCUT2D eigenvalue weighted by Gasteiger charge is 2.41. The fraction of sp³-hybridized carbons (Fsp3) is 0.792. The molecule has 3 nitrogen and oxygen atoms in total. The van der Waals surface area contributed by atoms with Gasteiger partial charge in [-0.1, -0.05) is 65.2 Å². The van der Waals surface area contributed by atoms with E-state index in [-0.39, 0.29) is 12.1 Å². The van der Waals surface area contributed by atoms with Gasteiger partial charge < -0.3 is 9.84 Å². The van der Waals surface area contributed by atoms with E-state index in [0.717, 1.165) is 25.2 Å². The minimum Gasteiger partial charge on any atom is -0.465 e. The molecule has 0 bridgehead atoms. The molecule has 1 N–H and O–H groups in total. The van der Waals surface area contributed by atoms with Crippen molar-refractivity contribution in [3.8, 4) is 0 Å². The molecule has 3 rings (SSSR count). The van der Waals surface area contributed by atoms with Gasteiger partial charge in [-0.2, -0.15) is 0 Å². The van der Waals surface area contributed by atoms with Gasteiger partial charge >= 0.3 is 5.97 Å². The normalized spacial score (nSPS) is 19.4. The second-order valence-electron chi connectivity index (χ2n) is 8.67. The topological polar surface area (TPSA) is 46.5 Å². The zero-order valence-corrected chi connectivity index (χ0v) is 19.0. The molecule has 0 aromatic carbocycles. The first-order chi connectivity index (χ1) is 13.5. The van der Waals surface area contributed by atoms with E-state index in [0.29, 0.717) is 10.3 Å². The number of aliphatic hydroxyl groups is 1. The lowest BCUT2D eigenvalue weighted by molar-refractivity contribution is -0.0435. The second-order valence-corrected chi connectivity index (χ2v) is 9.84. The molecule has 2 aliphatic rings. The highest BCUT2D eigenvalue weighted by Crippen LogP contribution is 2.48. The molecule has 1 aromatic heterocycles. The Balaban J connectivity index is 0.000000209. The highest BCUT2D eigenvalue weighted by molar-refractivity contribution is 7.13. The van der Waals surface area contributed by atoms with Crippen LogP contribution in [0.1, 0.15) is 105 Å². The molecular formula is C24H40O3S. The van der Waals surface area contributed by atoms with Gasteiger partial charge in [-0.3, -0.25) is 0 Å². The van der Waals surface area contributed by atoms with E-state index in [9.17, 15) is 9.90 Å². The predicted octanol–water partition coefficient (Wildman–Crippen LogP) is 6.78. The van der Waals surface area contributed by atoms with Gasteiger partial charge in [0.2, 0.25) is 0 Å². The molecular weight excluding hydrogens is 368 g/mol. The molecule has 4 heteroatoms. The quantitative estimate of drug-likeness (QED) is 0.458. The van der Waals surface area contributed by atoms with Crippen molar-refractivity contribution in [1.82, 2.24) is 0 Å². The number of aliphatic hydroxyl groups excluding tert-OH is 1. The number of carbonyl (C=O) groups is 1. The van der Waals surface area contributed by atoms with Gasteiger partial charge in [-0.15, -0.1) is 11.3 Å². The number of methoxy groups -OCH3 is 1. The van der Waals surface area contributed by atoms with Crippen LogP contribution in [0.15, 0.2) is 12.1 Å². The van der Waals surface area contributed by atoms with Crippen LogP contribution in [0.2, 0.25) is 0 Å². The molecule has 2 fully saturated rings. The molecule has 1 unspecified atom stereocenters. The van der Waals surface area contributed by atoms with Crippen LogP contribution < -0.4 is 0 Å². The lowest BCUT2D eigenvalue weighted by atomic mass is 9.62. The van der Waals surface area contributed by atoms with Crippen molar-refractivity contribution in [2.24, 2.45) is 11.3 Å². The fourth-order valence-electron chi connectivity index (χ4n) is 4.73. The maximum atomic E-state index is 11.0. The third-order valence-corrected chi connectivity index (χ3v) is 7.99. The minimum atomic E-state index is -0.234. The first kappa shape index (κ1) is 23.4. The van der Waals surface area contributed by atoms with Crippen LogP contribution in [-0.2, 0) is 11.2 Å². The number of ether oxygens (including phenoxy) is 1. The van der Waals surface area contributed by atoms with Gasteiger partial charge in [0.05, 0.1) is 13.2 Å². The summed E-state index contributed by atoms with van der Waals surface area (Å²) in [6.45, 7) is 4.37. The van der Waals surface area contributed by atoms with Crippen molar-refractivity contribution < 1.29 is 14.6 Å². The summed E-state index contributed by atoms with van der Waals surface area (Å²) >= 11 is 1.52. The molecule has 0 saturated heterocycles. The zero-order valence-electron chi connectivity index (χ0n) is 18.2. The Morgan fingerprint density at radius 1 is 1.25 bits per heavy atom. The van der Waals surface area contributed by atoms with Crippen LogP contribution in [-0.4, -0.2) is 24.3 Å². The van der Waals surface area contributed by atoms with Crippen molar-refractivity contribution in [2.45, 2.75) is 103 Å². The Labute approximate surface area is 175 Å². The summed E-state index contributed by atoms with van der Waals surface area (Å²) in [7, 11) is 1.40. The van der Waals surface area contributed by atoms with Gasteiger partial charge in [0.1, 0.15) is 4.88 Å². The number of thiophene rings is 1. The molecule has 0 amide bonds. The monoisotopic (exact) mass is 408 g/mol. The van der Waals surface area contributed by atoms with Gasteiger partial charge in [-0.05, 0) is 55.6 Å². The van der Waals surface area contributed by atoms with Crippen LogP contribution in [0.25, 0.3) is 0 Å². The minimum absolute atomic E-state index is 0.00680. The van der Waals surface area contributed by atoms with E-state index in [1.807, 2.05) is 12.1 Å². The average molecular weight is 409 g/mol. The number of rotatable bonds is 9. The molecule has 0 aliphatic heterocycles. The van der Waals surface area contributed by atoms with Crippen LogP contribution >= 0.6 is 11.3 Å². The van der Waals surface area contributed by atoms with E-state index in [4.69, 9.17) is 0 Å². The van der Waals surface area contributed by atoms with Crippen LogP contribution in [0.4, 0.5) is 0 Å². The first-order valence-corrected chi connectivity index (χ1v) is 12.2. The number of carbonyl (C=O) groups excluding carboxylic acids is 1. The zero-order chi connectivity index (χ0) is 20.4. The predicted molar refractivity (Wildman–Crippen MR) is 118 cm³/mol. The van der Waals surface area contributed by atoms with Crippen molar-refractivity contribution >= 4 is 17.3 Å². The van der Waals surface area contributed by atoms with Gasteiger partial charge in [-0.25, -0.2) is 4.79 Å². The largest absolute Gasteiger partial charge is 0.465 e. The van der Waals surface area contributed by atoms with E-state index < -0.39 is 0 Å². The SMILES string of the molecule is CCC1(C(O)CCCC2CCCC2)CCC1.CCCc1ccc(C(=O)OC)s1. The first-order valence-electron chi connectivity index (χ1n) is 11.4. The lowest BCUT2D eigenvalue weighted by Gasteiger charge is -2.45. The number of esters is 1. The van der Waals surface area contributed by atoms with Crippen molar-refractivity contribution in [1.29, 1.82) is 0 Å². The summed E-state index contributed by atoms with van der Waals surface area (Å²) in [5, 5.41) is 10.3. The van der Waals surface area contributed by atoms with Crippen molar-refractivity contribution in [3.63, 3.8) is 0 Å². The summed E-state index contributed by atoms with van der Waals surface area (Å²) in [6, 6.07) is 3.81. The summed E-state index contributed by atoms with van der Waals surface area (Å²) in [5.74, 6) is 0.758. The maximum absolute atomic E-state index is 11.0.